The van der Waals surface area contributed by atoms with E-state index in [1.165, 1.54) is 19.2 Å². The van der Waals surface area contributed by atoms with Crippen LogP contribution in [0.25, 0.3) is 22.3 Å². The maximum Gasteiger partial charge on any atom is 0.340 e. The molecule has 1 aliphatic heterocycles. The molecule has 12 heteroatoms. The zero-order chi connectivity index (χ0) is 25.6. The maximum absolute atomic E-state index is 14.2. The van der Waals surface area contributed by atoms with Gasteiger partial charge < -0.3 is 9.64 Å². The second-order valence-corrected chi connectivity index (χ2v) is 8.16. The predicted molar refractivity (Wildman–Crippen MR) is 123 cm³/mol. The van der Waals surface area contributed by atoms with Crippen molar-refractivity contribution in [2.75, 3.05) is 25.1 Å². The molecule has 0 amide bonds. The van der Waals surface area contributed by atoms with Crippen LogP contribution in [-0.4, -0.2) is 39.3 Å². The van der Waals surface area contributed by atoms with Crippen molar-refractivity contribution in [1.29, 1.82) is 5.26 Å². The standard InChI is InChI=1S/C24H17F3N6O3/c1-36-22-21-19(8-20(30-22)31-5-4-13(9-28)12-31)32(15-2-3-17(26)18(27)7-15)24(35)33(23(21)34)16-6-14(25)10-29-11-16/h2-3,6-8,10-11,13H,4-5,12H2,1H3/t13-/m0/s1. The number of aromatic nitrogens is 4. The normalized spacial score (nSPS) is 15.3. The minimum Gasteiger partial charge on any atom is -0.480 e. The number of pyridine rings is 2. The van der Waals surface area contributed by atoms with Gasteiger partial charge in [-0.3, -0.25) is 14.3 Å². The first kappa shape index (κ1) is 23.1. The summed E-state index contributed by atoms with van der Waals surface area (Å²) >= 11 is 0. The molecule has 9 nitrogen and oxygen atoms in total. The van der Waals surface area contributed by atoms with Gasteiger partial charge in [0.15, 0.2) is 11.6 Å². The van der Waals surface area contributed by atoms with Gasteiger partial charge in [-0.15, -0.1) is 0 Å². The van der Waals surface area contributed by atoms with Crippen molar-refractivity contribution in [3.8, 4) is 23.3 Å². The summed E-state index contributed by atoms with van der Waals surface area (Å²) in [6.07, 6.45) is 2.62. The summed E-state index contributed by atoms with van der Waals surface area (Å²) < 4.78 is 48.9. The SMILES string of the molecule is COc1nc(N2CC[C@@H](C#N)C2)cc2c1c(=O)n(-c1cncc(F)c1)c(=O)n2-c1ccc(F)c(F)c1. The van der Waals surface area contributed by atoms with Gasteiger partial charge in [0.1, 0.15) is 17.0 Å². The number of rotatable bonds is 4. The highest BCUT2D eigenvalue weighted by Gasteiger charge is 2.27. The lowest BCUT2D eigenvalue weighted by molar-refractivity contribution is 0.402. The lowest BCUT2D eigenvalue weighted by Gasteiger charge is -2.20. The second-order valence-electron chi connectivity index (χ2n) is 8.16. The molecule has 4 aromatic rings. The smallest absolute Gasteiger partial charge is 0.340 e. The Balaban J connectivity index is 1.90. The number of halogens is 3. The predicted octanol–water partition coefficient (Wildman–Crippen LogP) is 2.71. The summed E-state index contributed by atoms with van der Waals surface area (Å²) in [4.78, 5) is 37.2. The van der Waals surface area contributed by atoms with Gasteiger partial charge in [0.05, 0.1) is 48.4 Å². The van der Waals surface area contributed by atoms with Gasteiger partial charge in [-0.1, -0.05) is 0 Å². The van der Waals surface area contributed by atoms with Crippen molar-refractivity contribution in [3.63, 3.8) is 0 Å². The molecule has 0 saturated carbocycles. The Kier molecular flexibility index (Phi) is 5.68. The fourth-order valence-electron chi connectivity index (χ4n) is 4.28. The van der Waals surface area contributed by atoms with Gasteiger partial charge in [-0.2, -0.15) is 10.2 Å². The van der Waals surface area contributed by atoms with Gasteiger partial charge >= 0.3 is 5.69 Å². The zero-order valence-corrected chi connectivity index (χ0v) is 18.8. The summed E-state index contributed by atoms with van der Waals surface area (Å²) in [5.41, 5.74) is -2.09. The number of hydrogen-bond donors (Lipinski definition) is 0. The van der Waals surface area contributed by atoms with E-state index in [0.29, 0.717) is 29.9 Å². The number of benzene rings is 1. The number of fused-ring (bicyclic) bond motifs is 1. The third kappa shape index (κ3) is 3.74. The highest BCUT2D eigenvalue weighted by molar-refractivity contribution is 5.87. The molecule has 0 radical (unpaired) electrons. The number of ether oxygens (including phenoxy) is 1. The number of methoxy groups -OCH3 is 1. The lowest BCUT2D eigenvalue weighted by atomic mass is 10.1. The third-order valence-electron chi connectivity index (χ3n) is 5.99. The molecule has 1 aliphatic rings. The third-order valence-corrected chi connectivity index (χ3v) is 5.99. The Morgan fingerprint density at radius 3 is 2.53 bits per heavy atom. The Labute approximate surface area is 201 Å². The summed E-state index contributed by atoms with van der Waals surface area (Å²) in [5, 5.41) is 9.12. The molecule has 0 spiro atoms. The minimum absolute atomic E-state index is 0.0129. The summed E-state index contributed by atoms with van der Waals surface area (Å²) in [7, 11) is 1.29. The van der Waals surface area contributed by atoms with Gasteiger partial charge in [0.2, 0.25) is 5.88 Å². The highest BCUT2D eigenvalue weighted by atomic mass is 19.2. The van der Waals surface area contributed by atoms with Crippen molar-refractivity contribution in [2.24, 2.45) is 5.92 Å². The van der Waals surface area contributed by atoms with Crippen LogP contribution in [0, 0.1) is 34.7 Å². The van der Waals surface area contributed by atoms with Crippen molar-refractivity contribution in [1.82, 2.24) is 19.1 Å². The molecule has 1 atom stereocenters. The molecular formula is C24H17F3N6O3. The first-order valence-electron chi connectivity index (χ1n) is 10.8. The average Bonchev–Trinajstić information content (AvgIpc) is 3.35. The molecule has 1 aromatic carbocycles. The Morgan fingerprint density at radius 2 is 1.86 bits per heavy atom. The Morgan fingerprint density at radius 1 is 1.06 bits per heavy atom. The van der Waals surface area contributed by atoms with E-state index < -0.39 is 28.7 Å². The van der Waals surface area contributed by atoms with Gasteiger partial charge in [-0.05, 0) is 18.6 Å². The van der Waals surface area contributed by atoms with E-state index >= 15 is 0 Å². The highest BCUT2D eigenvalue weighted by Crippen LogP contribution is 2.30. The van der Waals surface area contributed by atoms with E-state index in [9.17, 15) is 28.0 Å². The van der Waals surface area contributed by atoms with Crippen molar-refractivity contribution in [3.05, 3.63) is 81.0 Å². The van der Waals surface area contributed by atoms with Crippen molar-refractivity contribution >= 4 is 16.7 Å². The van der Waals surface area contributed by atoms with Crippen LogP contribution in [0.5, 0.6) is 5.88 Å². The van der Waals surface area contributed by atoms with E-state index in [1.807, 2.05) is 0 Å². The van der Waals surface area contributed by atoms with Crippen LogP contribution in [0.2, 0.25) is 0 Å². The fraction of sp³-hybridized carbons (Fsp3) is 0.208. The topological polar surface area (TPSA) is 106 Å². The van der Waals surface area contributed by atoms with Crippen molar-refractivity contribution in [2.45, 2.75) is 6.42 Å². The van der Waals surface area contributed by atoms with Crippen molar-refractivity contribution < 1.29 is 17.9 Å². The zero-order valence-electron chi connectivity index (χ0n) is 18.8. The first-order valence-corrected chi connectivity index (χ1v) is 10.8. The molecule has 0 N–H and O–H groups in total. The van der Waals surface area contributed by atoms with E-state index in [0.717, 1.165) is 35.2 Å². The molecule has 4 heterocycles. The molecule has 0 aliphatic carbocycles. The molecule has 0 unspecified atom stereocenters. The molecule has 3 aromatic heterocycles. The van der Waals surface area contributed by atoms with E-state index in [2.05, 4.69) is 16.0 Å². The Bertz CT molecular complexity index is 1680. The number of anilines is 1. The van der Waals surface area contributed by atoms with Crippen LogP contribution in [0.15, 0.2) is 52.3 Å². The summed E-state index contributed by atoms with van der Waals surface area (Å²) in [6.45, 7) is 0.876. The molecule has 0 bridgehead atoms. The van der Waals surface area contributed by atoms with Gasteiger partial charge in [0.25, 0.3) is 5.56 Å². The van der Waals surface area contributed by atoms with Crippen LogP contribution in [0.4, 0.5) is 19.0 Å². The molecule has 5 rings (SSSR count). The molecular weight excluding hydrogens is 477 g/mol. The quantitative estimate of drug-likeness (QED) is 0.430. The van der Waals surface area contributed by atoms with Crippen LogP contribution in [0.3, 0.4) is 0 Å². The van der Waals surface area contributed by atoms with E-state index in [1.54, 1.807) is 4.90 Å². The van der Waals surface area contributed by atoms with Crippen LogP contribution >= 0.6 is 0 Å². The number of hydrogen-bond acceptors (Lipinski definition) is 7. The van der Waals surface area contributed by atoms with Gasteiger partial charge in [0, 0.05) is 31.3 Å². The molecule has 36 heavy (non-hydrogen) atoms. The monoisotopic (exact) mass is 494 g/mol. The Hall–Kier alpha value is -4.66. The molecule has 182 valence electrons. The summed E-state index contributed by atoms with van der Waals surface area (Å²) in [5.74, 6) is -3.16. The minimum atomic E-state index is -1.21. The largest absolute Gasteiger partial charge is 0.480 e. The van der Waals surface area contributed by atoms with E-state index in [-0.39, 0.29) is 34.1 Å². The average molecular weight is 494 g/mol. The lowest BCUT2D eigenvalue weighted by Crippen LogP contribution is -2.39. The maximum atomic E-state index is 14.2. The molecule has 1 fully saturated rings. The second kappa shape index (κ2) is 8.84. The number of nitrogens with zero attached hydrogens (tertiary/aromatic N) is 6. The van der Waals surface area contributed by atoms with Crippen LogP contribution in [0.1, 0.15) is 6.42 Å². The fourth-order valence-corrected chi connectivity index (χ4v) is 4.28. The van der Waals surface area contributed by atoms with Gasteiger partial charge in [-0.25, -0.2) is 22.5 Å². The first-order chi connectivity index (χ1) is 17.3. The summed E-state index contributed by atoms with van der Waals surface area (Å²) in [6, 6.07) is 7.43. The van der Waals surface area contributed by atoms with E-state index in [4.69, 9.17) is 4.74 Å². The van der Waals surface area contributed by atoms with Crippen LogP contribution < -0.4 is 20.9 Å². The number of nitriles is 1. The van der Waals surface area contributed by atoms with Crippen LogP contribution in [-0.2, 0) is 0 Å². The molecule has 1 saturated heterocycles.